The maximum atomic E-state index is 12.9. The first kappa shape index (κ1) is 16.3. The minimum absolute atomic E-state index is 0.170. The van der Waals surface area contributed by atoms with Gasteiger partial charge in [-0.1, -0.05) is 35.9 Å². The summed E-state index contributed by atoms with van der Waals surface area (Å²) in [6.45, 7) is 0. The van der Waals surface area contributed by atoms with E-state index in [1.165, 1.54) is 6.21 Å². The molecule has 2 heterocycles. The van der Waals surface area contributed by atoms with Gasteiger partial charge < -0.3 is 4.42 Å². The molecule has 0 unspecified atom stereocenters. The molecule has 2 aromatic rings. The number of hydrogen-bond donors (Lipinski definition) is 0. The summed E-state index contributed by atoms with van der Waals surface area (Å²) in [6, 6.07) is 10.9. The highest BCUT2D eigenvalue weighted by atomic mass is 35.5. The number of hydrogen-bond acceptors (Lipinski definition) is 4. The number of furan rings is 1. The van der Waals surface area contributed by atoms with Gasteiger partial charge in [-0.15, -0.1) is 0 Å². The summed E-state index contributed by atoms with van der Waals surface area (Å²) >= 11 is 6.03. The molecule has 28 heavy (non-hydrogen) atoms. The summed E-state index contributed by atoms with van der Waals surface area (Å²) < 4.78 is 5.78. The lowest BCUT2D eigenvalue weighted by atomic mass is 9.85. The van der Waals surface area contributed by atoms with Crippen molar-refractivity contribution in [2.75, 3.05) is 0 Å². The zero-order valence-corrected chi connectivity index (χ0v) is 15.7. The Morgan fingerprint density at radius 2 is 1.79 bits per heavy atom. The van der Waals surface area contributed by atoms with Crippen molar-refractivity contribution in [2.45, 2.75) is 12.8 Å². The molecule has 1 saturated heterocycles. The van der Waals surface area contributed by atoms with Crippen LogP contribution in [-0.4, -0.2) is 23.0 Å². The predicted molar refractivity (Wildman–Crippen MR) is 103 cm³/mol. The number of carbonyl (C=O) groups excluding carboxylic acids is 2. The molecule has 0 radical (unpaired) electrons. The van der Waals surface area contributed by atoms with Crippen LogP contribution in [0.4, 0.5) is 0 Å². The third kappa shape index (κ3) is 2.05. The topological polar surface area (TPSA) is 62.9 Å². The molecule has 1 aromatic heterocycles. The van der Waals surface area contributed by atoms with Crippen LogP contribution in [0.15, 0.2) is 58.1 Å². The Bertz CT molecular complexity index is 1050. The van der Waals surface area contributed by atoms with Gasteiger partial charge >= 0.3 is 0 Å². The third-order valence-corrected chi connectivity index (χ3v) is 7.10. The molecular weight excluding hydrogens is 376 g/mol. The monoisotopic (exact) mass is 392 g/mol. The first-order chi connectivity index (χ1) is 13.6. The van der Waals surface area contributed by atoms with Crippen molar-refractivity contribution in [3.05, 3.63) is 59.3 Å². The van der Waals surface area contributed by atoms with Gasteiger partial charge in [0.2, 0.25) is 0 Å². The van der Waals surface area contributed by atoms with Crippen LogP contribution in [0.5, 0.6) is 0 Å². The summed E-state index contributed by atoms with van der Waals surface area (Å²) in [6.07, 6.45) is 8.00. The molecule has 3 aliphatic carbocycles. The van der Waals surface area contributed by atoms with Crippen LogP contribution in [-0.2, 0) is 9.59 Å². The summed E-state index contributed by atoms with van der Waals surface area (Å²) in [7, 11) is 0. The van der Waals surface area contributed by atoms with E-state index < -0.39 is 0 Å². The van der Waals surface area contributed by atoms with Crippen LogP contribution in [0.3, 0.4) is 0 Å². The minimum Gasteiger partial charge on any atom is -0.455 e. The highest BCUT2D eigenvalue weighted by Gasteiger charge is 2.73. The van der Waals surface area contributed by atoms with Crippen LogP contribution < -0.4 is 0 Å². The smallest absolute Gasteiger partial charge is 0.254 e. The molecule has 6 heteroatoms. The Morgan fingerprint density at radius 3 is 2.43 bits per heavy atom. The number of imide groups is 1. The van der Waals surface area contributed by atoms with Crippen molar-refractivity contribution in [3.63, 3.8) is 0 Å². The molecule has 0 N–H and O–H groups in total. The molecule has 5 nitrogen and oxygen atoms in total. The molecule has 2 saturated carbocycles. The molecule has 1 aromatic carbocycles. The zero-order valence-electron chi connectivity index (χ0n) is 14.9. The Morgan fingerprint density at radius 1 is 1.07 bits per heavy atom. The Hall–Kier alpha value is -2.66. The van der Waals surface area contributed by atoms with E-state index in [1.807, 2.05) is 24.3 Å². The van der Waals surface area contributed by atoms with E-state index in [9.17, 15) is 9.59 Å². The van der Waals surface area contributed by atoms with Gasteiger partial charge in [-0.05, 0) is 54.4 Å². The molecule has 2 amide bonds. The lowest BCUT2D eigenvalue weighted by molar-refractivity contribution is -0.141. The van der Waals surface area contributed by atoms with E-state index in [1.54, 1.807) is 12.1 Å². The Balaban J connectivity index is 1.24. The van der Waals surface area contributed by atoms with E-state index in [0.717, 1.165) is 23.4 Å². The van der Waals surface area contributed by atoms with Crippen molar-refractivity contribution in [1.82, 2.24) is 5.01 Å². The average Bonchev–Trinajstić information content (AvgIpc) is 2.97. The molecule has 140 valence electrons. The molecule has 2 bridgehead atoms. The van der Waals surface area contributed by atoms with E-state index in [2.05, 4.69) is 17.3 Å². The second-order valence-electron chi connectivity index (χ2n) is 8.17. The molecule has 3 fully saturated rings. The molecule has 1 aliphatic heterocycles. The second-order valence-corrected chi connectivity index (χ2v) is 8.60. The average molecular weight is 393 g/mol. The normalized spacial score (nSPS) is 31.5. The number of rotatable bonds is 3. The van der Waals surface area contributed by atoms with Crippen molar-refractivity contribution < 1.29 is 14.0 Å². The maximum absolute atomic E-state index is 12.9. The van der Waals surface area contributed by atoms with Gasteiger partial charge in [0.25, 0.3) is 11.8 Å². The Labute approximate surface area is 166 Å². The van der Waals surface area contributed by atoms with E-state index >= 15 is 0 Å². The van der Waals surface area contributed by atoms with Crippen LogP contribution >= 0.6 is 11.6 Å². The SMILES string of the molecule is O=C1[C@@H]2[C@@H](C(=O)N1/N=C\c1ccc(-c3cccc(Cl)c3)o1)[C@H]1C=C[C@H]2C12CC2. The van der Waals surface area contributed by atoms with Crippen molar-refractivity contribution in [1.29, 1.82) is 0 Å². The Kier molecular flexibility index (Phi) is 3.17. The number of nitrogens with zero attached hydrogens (tertiary/aromatic N) is 2. The van der Waals surface area contributed by atoms with Gasteiger partial charge in [-0.3, -0.25) is 9.59 Å². The molecule has 4 atom stereocenters. The first-order valence-corrected chi connectivity index (χ1v) is 9.92. The third-order valence-electron chi connectivity index (χ3n) is 6.87. The van der Waals surface area contributed by atoms with Crippen LogP contribution in [0, 0.1) is 29.1 Å². The number of carbonyl (C=O) groups is 2. The lowest BCUT2D eigenvalue weighted by Gasteiger charge is -2.18. The van der Waals surface area contributed by atoms with Gasteiger partial charge in [-0.2, -0.15) is 10.1 Å². The number of hydrazone groups is 1. The van der Waals surface area contributed by atoms with Gasteiger partial charge in [-0.25, -0.2) is 0 Å². The van der Waals surface area contributed by atoms with Crippen LogP contribution in [0.1, 0.15) is 18.6 Å². The van der Waals surface area contributed by atoms with Crippen molar-refractivity contribution >= 4 is 29.6 Å². The predicted octanol–water partition coefficient (Wildman–Crippen LogP) is 4.13. The number of amides is 2. The van der Waals surface area contributed by atoms with Crippen molar-refractivity contribution in [2.24, 2.45) is 34.2 Å². The van der Waals surface area contributed by atoms with Crippen molar-refractivity contribution in [3.8, 4) is 11.3 Å². The fourth-order valence-electron chi connectivity index (χ4n) is 5.51. The number of fused-ring (bicyclic) bond motifs is 3. The van der Waals surface area contributed by atoms with E-state index in [0.29, 0.717) is 16.5 Å². The standard InChI is InChI=1S/C22H17ClN2O3/c23-13-3-1-2-12(10-13)17-7-4-14(28-17)11-24-25-20(26)18-15-5-6-16(19(18)21(25)27)22(15)8-9-22/h1-7,10-11,15-16,18-19H,8-9H2/b24-11-/t15-,16-,18+,19+/m1/s1. The summed E-state index contributed by atoms with van der Waals surface area (Å²) in [4.78, 5) is 25.8. The fourth-order valence-corrected chi connectivity index (χ4v) is 5.70. The number of halogens is 1. The quantitative estimate of drug-likeness (QED) is 0.448. The fraction of sp³-hybridized carbons (Fsp3) is 0.318. The molecule has 1 spiro atoms. The highest BCUT2D eigenvalue weighted by molar-refractivity contribution is 6.30. The van der Waals surface area contributed by atoms with Crippen LogP contribution in [0.25, 0.3) is 11.3 Å². The van der Waals surface area contributed by atoms with Crippen LogP contribution in [0.2, 0.25) is 5.02 Å². The molecular formula is C22H17ClN2O3. The van der Waals surface area contributed by atoms with Gasteiger partial charge in [0, 0.05) is 10.6 Å². The van der Waals surface area contributed by atoms with E-state index in [4.69, 9.17) is 16.0 Å². The highest BCUT2D eigenvalue weighted by Crippen LogP contribution is 2.73. The van der Waals surface area contributed by atoms with Gasteiger partial charge in [0.15, 0.2) is 0 Å². The number of allylic oxidation sites excluding steroid dienone is 2. The summed E-state index contributed by atoms with van der Waals surface area (Å²) in [5.74, 6) is 0.730. The molecule has 4 aliphatic rings. The molecule has 6 rings (SSSR count). The minimum atomic E-state index is -0.235. The van der Waals surface area contributed by atoms with E-state index in [-0.39, 0.29) is 40.9 Å². The second kappa shape index (κ2) is 5.45. The van der Waals surface area contributed by atoms with Gasteiger partial charge in [0.05, 0.1) is 18.1 Å². The summed E-state index contributed by atoms with van der Waals surface area (Å²) in [5, 5.41) is 5.87. The number of benzene rings is 1. The van der Waals surface area contributed by atoms with Gasteiger partial charge in [0.1, 0.15) is 11.5 Å². The largest absolute Gasteiger partial charge is 0.455 e. The summed E-state index contributed by atoms with van der Waals surface area (Å²) in [5.41, 5.74) is 1.05. The zero-order chi connectivity index (χ0) is 19.0. The first-order valence-electron chi connectivity index (χ1n) is 9.54. The lowest BCUT2D eigenvalue weighted by Crippen LogP contribution is -2.30. The maximum Gasteiger partial charge on any atom is 0.254 e.